The zero-order chi connectivity index (χ0) is 14.4. The summed E-state index contributed by atoms with van der Waals surface area (Å²) in [5.74, 6) is -0.698. The molecule has 0 radical (unpaired) electrons. The van der Waals surface area contributed by atoms with Gasteiger partial charge in [-0.3, -0.25) is 4.79 Å². The molecule has 1 N–H and O–H groups in total. The highest BCUT2D eigenvalue weighted by Crippen LogP contribution is 2.29. The van der Waals surface area contributed by atoms with Crippen LogP contribution in [0.3, 0.4) is 0 Å². The highest BCUT2D eigenvalue weighted by Gasteiger charge is 2.20. The number of carbonyl (C=O) groups excluding carboxylic acids is 2. The van der Waals surface area contributed by atoms with Gasteiger partial charge in [-0.05, 0) is 26.3 Å². The number of aryl methyl sites for hydroxylation is 1. The van der Waals surface area contributed by atoms with Crippen molar-refractivity contribution in [1.82, 2.24) is 0 Å². The van der Waals surface area contributed by atoms with E-state index in [-0.39, 0.29) is 5.91 Å². The predicted octanol–water partition coefficient (Wildman–Crippen LogP) is 2.46. The fourth-order valence-electron chi connectivity index (χ4n) is 1.39. The summed E-state index contributed by atoms with van der Waals surface area (Å²) in [6.45, 7) is 5.69. The normalized spacial score (nSPS) is 12.0. The van der Waals surface area contributed by atoms with E-state index in [2.05, 4.69) is 5.32 Å². The topological polar surface area (TPSA) is 64.6 Å². The number of ether oxygens (including phenoxy) is 2. The molecule has 0 bridgehead atoms. The van der Waals surface area contributed by atoms with Gasteiger partial charge in [0.15, 0.2) is 0 Å². The molecule has 0 aliphatic rings. The Balaban J connectivity index is 2.95. The first kappa shape index (κ1) is 15.7. The smallest absolute Gasteiger partial charge is 0.341 e. The molecule has 0 aromatic carbocycles. The van der Waals surface area contributed by atoms with E-state index in [0.29, 0.717) is 17.2 Å². The summed E-state index contributed by atoms with van der Waals surface area (Å²) < 4.78 is 9.92. The van der Waals surface area contributed by atoms with Crippen molar-refractivity contribution in [1.29, 1.82) is 0 Å². The quantitative estimate of drug-likeness (QED) is 0.815. The number of thiophene rings is 1. The molecule has 106 valence electrons. The Labute approximate surface area is 116 Å². The van der Waals surface area contributed by atoms with E-state index < -0.39 is 12.1 Å². The van der Waals surface area contributed by atoms with E-state index >= 15 is 0 Å². The predicted molar refractivity (Wildman–Crippen MR) is 74.8 cm³/mol. The second kappa shape index (κ2) is 7.25. The lowest BCUT2D eigenvalue weighted by molar-refractivity contribution is -0.124. The van der Waals surface area contributed by atoms with E-state index in [1.165, 1.54) is 18.4 Å². The molecule has 1 aromatic rings. The minimum absolute atomic E-state index is 0.280. The zero-order valence-electron chi connectivity index (χ0n) is 11.6. The molecule has 0 aliphatic heterocycles. The SMILES string of the molecule is CCOC(=O)c1cc(CC)sc1NC(=O)C(C)OC. The van der Waals surface area contributed by atoms with Crippen LogP contribution in [0.2, 0.25) is 0 Å². The molecule has 5 nitrogen and oxygen atoms in total. The summed E-state index contributed by atoms with van der Waals surface area (Å²) in [5, 5.41) is 3.23. The standard InChI is InChI=1S/C13H19NO4S/c1-5-9-7-10(13(16)18-6-2)12(19-9)14-11(15)8(3)17-4/h7-8H,5-6H2,1-4H3,(H,14,15). The molecule has 1 atom stereocenters. The van der Waals surface area contributed by atoms with Crippen molar-refractivity contribution in [2.45, 2.75) is 33.3 Å². The molecule has 0 aliphatic carbocycles. The van der Waals surface area contributed by atoms with Gasteiger partial charge in [0.2, 0.25) is 0 Å². The van der Waals surface area contributed by atoms with Crippen molar-refractivity contribution in [3.63, 3.8) is 0 Å². The minimum atomic E-state index is -0.567. The maximum Gasteiger partial charge on any atom is 0.341 e. The van der Waals surface area contributed by atoms with Crippen LogP contribution in [0.25, 0.3) is 0 Å². The molecule has 1 unspecified atom stereocenters. The molecule has 0 spiro atoms. The maximum absolute atomic E-state index is 11.8. The fourth-order valence-corrected chi connectivity index (χ4v) is 2.38. The molecule has 1 aromatic heterocycles. The van der Waals surface area contributed by atoms with Crippen LogP contribution in [0.4, 0.5) is 5.00 Å². The Morgan fingerprint density at radius 2 is 2.11 bits per heavy atom. The second-order valence-electron chi connectivity index (χ2n) is 3.90. The maximum atomic E-state index is 11.8. The van der Waals surface area contributed by atoms with Gasteiger partial charge < -0.3 is 14.8 Å². The highest BCUT2D eigenvalue weighted by atomic mass is 32.1. The Kier molecular flexibility index (Phi) is 5.98. The number of carbonyl (C=O) groups is 2. The van der Waals surface area contributed by atoms with Crippen LogP contribution in [0.1, 0.15) is 36.0 Å². The summed E-state index contributed by atoms with van der Waals surface area (Å²) in [7, 11) is 1.46. The van der Waals surface area contributed by atoms with Crippen LogP contribution in [-0.4, -0.2) is 31.7 Å². The number of rotatable bonds is 6. The van der Waals surface area contributed by atoms with E-state index in [0.717, 1.165) is 11.3 Å². The molecule has 0 fully saturated rings. The van der Waals surface area contributed by atoms with E-state index in [4.69, 9.17) is 9.47 Å². The summed E-state index contributed by atoms with van der Waals surface area (Å²) in [6, 6.07) is 1.76. The number of anilines is 1. The first-order chi connectivity index (χ1) is 9.03. The van der Waals surface area contributed by atoms with Gasteiger partial charge in [0.1, 0.15) is 11.1 Å². The molecular weight excluding hydrogens is 266 g/mol. The Morgan fingerprint density at radius 1 is 1.42 bits per heavy atom. The first-order valence-corrected chi connectivity index (χ1v) is 6.98. The van der Waals surface area contributed by atoms with Gasteiger partial charge in [0.25, 0.3) is 5.91 Å². The van der Waals surface area contributed by atoms with Gasteiger partial charge in [0.05, 0.1) is 12.2 Å². The zero-order valence-corrected chi connectivity index (χ0v) is 12.4. The molecule has 1 rings (SSSR count). The third-order valence-corrected chi connectivity index (χ3v) is 3.78. The van der Waals surface area contributed by atoms with Crippen molar-refractivity contribution in [3.8, 4) is 0 Å². The summed E-state index contributed by atoms with van der Waals surface area (Å²) >= 11 is 1.38. The first-order valence-electron chi connectivity index (χ1n) is 6.16. The van der Waals surface area contributed by atoms with Gasteiger partial charge in [0, 0.05) is 12.0 Å². The number of nitrogens with one attached hydrogen (secondary N) is 1. The molecular formula is C13H19NO4S. The molecule has 1 amide bonds. The molecule has 1 heterocycles. The number of hydrogen-bond donors (Lipinski definition) is 1. The Hall–Kier alpha value is -1.40. The molecule has 6 heteroatoms. The second-order valence-corrected chi connectivity index (χ2v) is 5.03. The summed E-state index contributed by atoms with van der Waals surface area (Å²) in [5.41, 5.74) is 0.403. The lowest BCUT2D eigenvalue weighted by Gasteiger charge is -2.10. The molecule has 19 heavy (non-hydrogen) atoms. The number of methoxy groups -OCH3 is 1. The van der Waals surface area contributed by atoms with Crippen LogP contribution < -0.4 is 5.32 Å². The van der Waals surface area contributed by atoms with Crippen molar-refractivity contribution in [3.05, 3.63) is 16.5 Å². The lowest BCUT2D eigenvalue weighted by Crippen LogP contribution is -2.26. The van der Waals surface area contributed by atoms with Crippen LogP contribution in [0.15, 0.2) is 6.07 Å². The van der Waals surface area contributed by atoms with Gasteiger partial charge in [-0.1, -0.05) is 6.92 Å². The molecule has 0 saturated carbocycles. The van der Waals surface area contributed by atoms with Gasteiger partial charge in [-0.25, -0.2) is 4.79 Å². The Bertz CT molecular complexity index is 455. The van der Waals surface area contributed by atoms with E-state index in [1.54, 1.807) is 19.9 Å². The van der Waals surface area contributed by atoms with Gasteiger partial charge in [-0.15, -0.1) is 11.3 Å². The number of esters is 1. The molecule has 0 saturated heterocycles. The average molecular weight is 285 g/mol. The van der Waals surface area contributed by atoms with Crippen LogP contribution >= 0.6 is 11.3 Å². The van der Waals surface area contributed by atoms with Crippen LogP contribution in [0, 0.1) is 0 Å². The lowest BCUT2D eigenvalue weighted by atomic mass is 10.2. The van der Waals surface area contributed by atoms with Crippen molar-refractivity contribution in [2.75, 3.05) is 19.0 Å². The highest BCUT2D eigenvalue weighted by molar-refractivity contribution is 7.16. The fraction of sp³-hybridized carbons (Fsp3) is 0.538. The number of hydrogen-bond acceptors (Lipinski definition) is 5. The number of amides is 1. The van der Waals surface area contributed by atoms with Gasteiger partial charge >= 0.3 is 5.97 Å². The summed E-state index contributed by atoms with van der Waals surface area (Å²) in [4.78, 5) is 24.6. The van der Waals surface area contributed by atoms with Crippen molar-refractivity contribution >= 4 is 28.2 Å². The van der Waals surface area contributed by atoms with E-state index in [9.17, 15) is 9.59 Å². The van der Waals surface area contributed by atoms with Crippen LogP contribution in [0.5, 0.6) is 0 Å². The van der Waals surface area contributed by atoms with Crippen LogP contribution in [-0.2, 0) is 20.7 Å². The average Bonchev–Trinajstić information content (AvgIpc) is 2.81. The summed E-state index contributed by atoms with van der Waals surface area (Å²) in [6.07, 6.45) is 0.231. The van der Waals surface area contributed by atoms with Crippen molar-refractivity contribution in [2.24, 2.45) is 0 Å². The largest absolute Gasteiger partial charge is 0.462 e. The van der Waals surface area contributed by atoms with E-state index in [1.807, 2.05) is 6.92 Å². The van der Waals surface area contributed by atoms with Crippen molar-refractivity contribution < 1.29 is 19.1 Å². The third-order valence-electron chi connectivity index (χ3n) is 2.59. The Morgan fingerprint density at radius 3 is 2.63 bits per heavy atom. The monoisotopic (exact) mass is 285 g/mol. The third kappa shape index (κ3) is 4.04. The minimum Gasteiger partial charge on any atom is -0.462 e. The van der Waals surface area contributed by atoms with Gasteiger partial charge in [-0.2, -0.15) is 0 Å².